The Bertz CT molecular complexity index is 1170. The van der Waals surface area contributed by atoms with Gasteiger partial charge in [0, 0.05) is 21.6 Å². The number of carbonyl (C=O) groups excluding carboxylic acids is 1. The lowest BCUT2D eigenvalue weighted by Crippen LogP contribution is -2.24. The van der Waals surface area contributed by atoms with Crippen LogP contribution in [-0.4, -0.2) is 40.5 Å². The average Bonchev–Trinajstić information content (AvgIpc) is 3.12. The van der Waals surface area contributed by atoms with Crippen LogP contribution in [0.1, 0.15) is 5.69 Å². The third kappa shape index (κ3) is 3.07. The van der Waals surface area contributed by atoms with Crippen molar-refractivity contribution in [2.45, 2.75) is 6.54 Å². The number of benzene rings is 2. The summed E-state index contributed by atoms with van der Waals surface area (Å²) in [6.07, 6.45) is 0. The van der Waals surface area contributed by atoms with Crippen molar-refractivity contribution in [3.63, 3.8) is 0 Å². The third-order valence-electron chi connectivity index (χ3n) is 4.54. The molecule has 1 amide bonds. The van der Waals surface area contributed by atoms with Gasteiger partial charge in [-0.3, -0.25) is 4.79 Å². The Labute approximate surface area is 163 Å². The number of hydrogen-bond acceptors (Lipinski definition) is 4. The Balaban J connectivity index is 1.95. The highest BCUT2D eigenvalue weighted by atomic mass is 79.9. The molecule has 4 rings (SSSR count). The minimum absolute atomic E-state index is 0.0540. The Morgan fingerprint density at radius 2 is 1.96 bits per heavy atom. The standard InChI is InChI=1S/C20H17BrN2O4/c21-12-5-6-13-15(11-12)22-20(26)17(13)18-19(25)14-3-1-2-4-16(14)23(18)7-9-27-10-8-24/h1-6,11,24-25H,7-10H2. The van der Waals surface area contributed by atoms with Gasteiger partial charge in [0.25, 0.3) is 5.91 Å². The van der Waals surface area contributed by atoms with E-state index in [0.717, 1.165) is 9.99 Å². The zero-order valence-electron chi connectivity index (χ0n) is 14.4. The van der Waals surface area contributed by atoms with Crippen molar-refractivity contribution >= 4 is 38.3 Å². The Hall–Kier alpha value is -2.48. The summed E-state index contributed by atoms with van der Waals surface area (Å²) in [5.74, 6) is -0.319. The minimum atomic E-state index is -0.376. The molecule has 0 saturated carbocycles. The van der Waals surface area contributed by atoms with Gasteiger partial charge in [-0.15, -0.1) is 0 Å². The number of para-hydroxylation sites is 1. The first-order valence-electron chi connectivity index (χ1n) is 8.54. The molecule has 0 unspecified atom stereocenters. The van der Waals surface area contributed by atoms with E-state index in [1.54, 1.807) is 6.07 Å². The van der Waals surface area contributed by atoms with Crippen LogP contribution in [-0.2, 0) is 16.1 Å². The Kier molecular flexibility index (Phi) is 4.82. The zero-order valence-corrected chi connectivity index (χ0v) is 15.9. The van der Waals surface area contributed by atoms with E-state index in [2.05, 4.69) is 20.9 Å². The molecule has 27 heavy (non-hydrogen) atoms. The Morgan fingerprint density at radius 1 is 1.15 bits per heavy atom. The average molecular weight is 429 g/mol. The molecule has 1 aromatic heterocycles. The number of amides is 1. The van der Waals surface area contributed by atoms with E-state index < -0.39 is 0 Å². The van der Waals surface area contributed by atoms with Crippen LogP contribution in [0, 0.1) is 0 Å². The van der Waals surface area contributed by atoms with Crippen LogP contribution in [0.2, 0.25) is 0 Å². The highest BCUT2D eigenvalue weighted by Crippen LogP contribution is 2.36. The molecule has 0 radical (unpaired) electrons. The van der Waals surface area contributed by atoms with E-state index in [0.29, 0.717) is 40.4 Å². The van der Waals surface area contributed by atoms with Crippen LogP contribution in [0.5, 0.6) is 5.75 Å². The van der Waals surface area contributed by atoms with Crippen LogP contribution in [0.4, 0.5) is 0 Å². The van der Waals surface area contributed by atoms with Crippen LogP contribution >= 0.6 is 15.9 Å². The number of ether oxygens (including phenoxy) is 1. The predicted octanol–water partition coefficient (Wildman–Crippen LogP) is 1.48. The van der Waals surface area contributed by atoms with Crippen LogP contribution in [0.15, 0.2) is 51.9 Å². The number of aliphatic hydroxyl groups is 1. The normalized spacial score (nSPS) is 13.3. The van der Waals surface area contributed by atoms with Crippen molar-refractivity contribution in [3.05, 3.63) is 63.2 Å². The second-order valence-electron chi connectivity index (χ2n) is 6.16. The second kappa shape index (κ2) is 7.26. The lowest BCUT2D eigenvalue weighted by Gasteiger charge is -2.11. The summed E-state index contributed by atoms with van der Waals surface area (Å²) in [5.41, 5.74) is 1.63. The fourth-order valence-electron chi connectivity index (χ4n) is 3.41. The topological polar surface area (TPSA) is 84.0 Å². The summed E-state index contributed by atoms with van der Waals surface area (Å²) in [6, 6.07) is 12.9. The molecule has 0 spiro atoms. The molecule has 3 aromatic rings. The molecule has 6 nitrogen and oxygen atoms in total. The summed E-state index contributed by atoms with van der Waals surface area (Å²) in [7, 11) is 0. The molecular formula is C20H17BrN2O4. The molecule has 138 valence electrons. The summed E-state index contributed by atoms with van der Waals surface area (Å²) in [4.78, 5) is 16.8. The van der Waals surface area contributed by atoms with E-state index in [-0.39, 0.29) is 24.9 Å². The SMILES string of the molecule is O=C1N=c2cc(Br)ccc2=C1c1c(O)c2ccccc2n1CCOCCO. The van der Waals surface area contributed by atoms with E-state index in [4.69, 9.17) is 9.84 Å². The number of aromatic hydroxyl groups is 1. The number of nitrogens with zero attached hydrogens (tertiary/aromatic N) is 2. The smallest absolute Gasteiger partial charge is 0.280 e. The largest absolute Gasteiger partial charge is 0.505 e. The number of halogens is 1. The quantitative estimate of drug-likeness (QED) is 0.582. The second-order valence-corrected chi connectivity index (χ2v) is 7.07. The van der Waals surface area contributed by atoms with Gasteiger partial charge in [0.1, 0.15) is 5.75 Å². The van der Waals surface area contributed by atoms with Gasteiger partial charge in [-0.05, 0) is 24.3 Å². The van der Waals surface area contributed by atoms with E-state index >= 15 is 0 Å². The highest BCUT2D eigenvalue weighted by molar-refractivity contribution is 9.10. The van der Waals surface area contributed by atoms with Crippen LogP contribution in [0.3, 0.4) is 0 Å². The van der Waals surface area contributed by atoms with Crippen LogP contribution < -0.4 is 10.6 Å². The first-order chi connectivity index (χ1) is 13.1. The van der Waals surface area contributed by atoms with Crippen molar-refractivity contribution in [1.82, 2.24) is 4.57 Å². The summed E-state index contributed by atoms with van der Waals surface area (Å²) >= 11 is 3.39. The predicted molar refractivity (Wildman–Crippen MR) is 104 cm³/mol. The lowest BCUT2D eigenvalue weighted by molar-refractivity contribution is -0.112. The molecule has 2 aromatic carbocycles. The van der Waals surface area contributed by atoms with Crippen molar-refractivity contribution in [3.8, 4) is 5.75 Å². The monoisotopic (exact) mass is 428 g/mol. The van der Waals surface area contributed by atoms with Crippen molar-refractivity contribution in [2.75, 3.05) is 19.8 Å². The highest BCUT2D eigenvalue weighted by Gasteiger charge is 2.27. The molecule has 0 atom stereocenters. The molecule has 2 heterocycles. The van der Waals surface area contributed by atoms with Gasteiger partial charge in [0.2, 0.25) is 0 Å². The lowest BCUT2D eigenvalue weighted by atomic mass is 10.1. The number of hydrogen-bond donors (Lipinski definition) is 2. The first kappa shape index (κ1) is 17.9. The van der Waals surface area contributed by atoms with Gasteiger partial charge in [0.15, 0.2) is 0 Å². The summed E-state index contributed by atoms with van der Waals surface area (Å²) in [6.45, 7) is 0.959. The van der Waals surface area contributed by atoms with E-state index in [1.807, 2.05) is 41.0 Å². The van der Waals surface area contributed by atoms with Crippen molar-refractivity contribution in [1.29, 1.82) is 0 Å². The van der Waals surface area contributed by atoms with Gasteiger partial charge in [0.05, 0.1) is 42.0 Å². The van der Waals surface area contributed by atoms with E-state index in [1.165, 1.54) is 0 Å². The molecule has 2 N–H and O–H groups in total. The maximum Gasteiger partial charge on any atom is 0.280 e. The molecule has 0 fully saturated rings. The summed E-state index contributed by atoms with van der Waals surface area (Å²) in [5, 5.41) is 21.7. The number of rotatable bonds is 6. The van der Waals surface area contributed by atoms with Crippen LogP contribution in [0.25, 0.3) is 16.5 Å². The minimum Gasteiger partial charge on any atom is -0.505 e. The maximum atomic E-state index is 12.7. The van der Waals surface area contributed by atoms with Gasteiger partial charge < -0.3 is 19.5 Å². The molecule has 1 aliphatic rings. The molecule has 0 aliphatic carbocycles. The summed E-state index contributed by atoms with van der Waals surface area (Å²) < 4.78 is 8.11. The molecule has 0 bridgehead atoms. The van der Waals surface area contributed by atoms with Gasteiger partial charge >= 0.3 is 0 Å². The number of carbonyl (C=O) groups is 1. The fourth-order valence-corrected chi connectivity index (χ4v) is 3.76. The molecular weight excluding hydrogens is 412 g/mol. The van der Waals surface area contributed by atoms with Gasteiger partial charge in [-0.1, -0.05) is 34.1 Å². The number of aliphatic hydroxyl groups excluding tert-OH is 1. The number of fused-ring (bicyclic) bond motifs is 2. The van der Waals surface area contributed by atoms with Crippen molar-refractivity contribution in [2.24, 2.45) is 4.99 Å². The Morgan fingerprint density at radius 3 is 2.78 bits per heavy atom. The maximum absolute atomic E-state index is 12.7. The number of aromatic nitrogens is 1. The van der Waals surface area contributed by atoms with Gasteiger partial charge in [-0.2, -0.15) is 0 Å². The third-order valence-corrected chi connectivity index (χ3v) is 5.03. The van der Waals surface area contributed by atoms with E-state index in [9.17, 15) is 9.90 Å². The fraction of sp³-hybridized carbons (Fsp3) is 0.200. The van der Waals surface area contributed by atoms with Gasteiger partial charge in [-0.25, -0.2) is 4.99 Å². The van der Waals surface area contributed by atoms with Crippen molar-refractivity contribution < 1.29 is 19.7 Å². The zero-order chi connectivity index (χ0) is 19.0. The first-order valence-corrected chi connectivity index (χ1v) is 9.33. The molecule has 7 heteroatoms. The molecule has 0 saturated heterocycles. The molecule has 1 aliphatic heterocycles.